The lowest BCUT2D eigenvalue weighted by Crippen LogP contribution is -2.09. The molecule has 0 aromatic rings. The van der Waals surface area contributed by atoms with E-state index in [2.05, 4.69) is 37.0 Å². The van der Waals surface area contributed by atoms with Crippen molar-refractivity contribution < 1.29 is 0 Å². The van der Waals surface area contributed by atoms with Crippen molar-refractivity contribution >= 4 is 12.6 Å². The molecule has 0 aromatic heterocycles. The van der Waals surface area contributed by atoms with E-state index in [0.717, 1.165) is 17.0 Å². The zero-order chi connectivity index (χ0) is 7.56. The molecule has 0 heterocycles. The summed E-state index contributed by atoms with van der Waals surface area (Å²) in [7, 11) is 1.92. The molecular formula is C8H13NS. The highest BCUT2D eigenvalue weighted by atomic mass is 32.1. The largest absolute Gasteiger partial charge is 0.387 e. The van der Waals surface area contributed by atoms with Crippen LogP contribution >= 0.6 is 12.6 Å². The van der Waals surface area contributed by atoms with E-state index in [4.69, 9.17) is 0 Å². The van der Waals surface area contributed by atoms with Crippen molar-refractivity contribution in [2.45, 2.75) is 13.3 Å². The van der Waals surface area contributed by atoms with Gasteiger partial charge in [0.15, 0.2) is 0 Å². The summed E-state index contributed by atoms with van der Waals surface area (Å²) in [5.74, 6) is 0.643. The molecule has 2 heteroatoms. The van der Waals surface area contributed by atoms with Crippen LogP contribution in [0.2, 0.25) is 0 Å². The van der Waals surface area contributed by atoms with E-state index < -0.39 is 0 Å². The second-order valence-corrected chi connectivity index (χ2v) is 3.19. The van der Waals surface area contributed by atoms with Gasteiger partial charge in [0.2, 0.25) is 0 Å². The average Bonchev–Trinajstić information content (AvgIpc) is 1.88. The molecule has 0 spiro atoms. The summed E-state index contributed by atoms with van der Waals surface area (Å²) >= 11 is 4.36. The minimum atomic E-state index is 0.643. The van der Waals surface area contributed by atoms with Crippen LogP contribution in [-0.4, -0.2) is 7.05 Å². The van der Waals surface area contributed by atoms with E-state index in [0.29, 0.717) is 5.92 Å². The lowest BCUT2D eigenvalue weighted by atomic mass is 10.0. The molecule has 1 unspecified atom stereocenters. The molecule has 0 aromatic carbocycles. The topological polar surface area (TPSA) is 12.0 Å². The van der Waals surface area contributed by atoms with Crippen LogP contribution < -0.4 is 5.32 Å². The number of nitrogens with one attached hydrogen (secondary N) is 1. The highest BCUT2D eigenvalue weighted by Crippen LogP contribution is 2.23. The first-order valence-electron chi connectivity index (χ1n) is 3.52. The third-order valence-corrected chi connectivity index (χ3v) is 2.11. The van der Waals surface area contributed by atoms with Crippen LogP contribution in [0.5, 0.6) is 0 Å². The molecule has 1 aliphatic rings. The predicted octanol–water partition coefficient (Wildman–Crippen LogP) is 1.94. The summed E-state index contributed by atoms with van der Waals surface area (Å²) in [4.78, 5) is 1.16. The molecule has 0 amide bonds. The summed E-state index contributed by atoms with van der Waals surface area (Å²) < 4.78 is 0. The zero-order valence-corrected chi connectivity index (χ0v) is 7.28. The van der Waals surface area contributed by atoms with E-state index >= 15 is 0 Å². The summed E-state index contributed by atoms with van der Waals surface area (Å²) in [6.07, 6.45) is 5.36. The van der Waals surface area contributed by atoms with E-state index in [1.165, 1.54) is 0 Å². The van der Waals surface area contributed by atoms with E-state index in [1.54, 1.807) is 0 Å². The van der Waals surface area contributed by atoms with Gasteiger partial charge in [-0.05, 0) is 18.4 Å². The molecule has 0 radical (unpaired) electrons. The maximum absolute atomic E-state index is 4.36. The van der Waals surface area contributed by atoms with Crippen LogP contribution in [-0.2, 0) is 0 Å². The van der Waals surface area contributed by atoms with E-state index in [1.807, 2.05) is 7.05 Å². The molecule has 1 nitrogen and oxygen atoms in total. The van der Waals surface area contributed by atoms with Gasteiger partial charge in [0.05, 0.1) is 0 Å². The second-order valence-electron chi connectivity index (χ2n) is 2.65. The molecule has 10 heavy (non-hydrogen) atoms. The number of rotatable bonds is 1. The van der Waals surface area contributed by atoms with Crippen molar-refractivity contribution in [3.63, 3.8) is 0 Å². The van der Waals surface area contributed by atoms with Crippen molar-refractivity contribution in [3.8, 4) is 0 Å². The van der Waals surface area contributed by atoms with Gasteiger partial charge >= 0.3 is 0 Å². The Morgan fingerprint density at radius 2 is 2.40 bits per heavy atom. The molecule has 0 saturated heterocycles. The van der Waals surface area contributed by atoms with Crippen molar-refractivity contribution in [2.75, 3.05) is 7.05 Å². The maximum Gasteiger partial charge on any atom is 0.0428 e. The quantitative estimate of drug-likeness (QED) is 0.551. The van der Waals surface area contributed by atoms with Gasteiger partial charge in [0, 0.05) is 17.6 Å². The Labute approximate surface area is 67.6 Å². The van der Waals surface area contributed by atoms with Gasteiger partial charge < -0.3 is 5.32 Å². The smallest absolute Gasteiger partial charge is 0.0428 e. The third-order valence-electron chi connectivity index (χ3n) is 1.69. The van der Waals surface area contributed by atoms with Gasteiger partial charge in [-0.25, -0.2) is 0 Å². The molecule has 0 saturated carbocycles. The van der Waals surface area contributed by atoms with Gasteiger partial charge in [-0.2, -0.15) is 0 Å². The summed E-state index contributed by atoms with van der Waals surface area (Å²) in [5.41, 5.74) is 1.15. The van der Waals surface area contributed by atoms with Gasteiger partial charge in [0.25, 0.3) is 0 Å². The maximum atomic E-state index is 4.36. The molecule has 56 valence electrons. The fourth-order valence-electron chi connectivity index (χ4n) is 1.07. The Morgan fingerprint density at radius 1 is 1.70 bits per heavy atom. The van der Waals surface area contributed by atoms with Gasteiger partial charge in [-0.3, -0.25) is 0 Å². The fraction of sp³-hybridized carbons (Fsp3) is 0.500. The molecule has 1 atom stereocenters. The van der Waals surface area contributed by atoms with Crippen molar-refractivity contribution in [2.24, 2.45) is 5.92 Å². The molecule has 0 bridgehead atoms. The summed E-state index contributed by atoms with van der Waals surface area (Å²) in [5, 5.41) is 3.09. The first kappa shape index (κ1) is 7.73. The number of hydrogen-bond donors (Lipinski definition) is 2. The number of likely N-dealkylation sites (N-methyl/N-ethyl adjacent to an activating group) is 1. The fourth-order valence-corrected chi connectivity index (χ4v) is 1.54. The minimum absolute atomic E-state index is 0.643. The lowest BCUT2D eigenvalue weighted by molar-refractivity contribution is 0.715. The number of allylic oxidation sites excluding steroid dienone is 3. The van der Waals surface area contributed by atoms with E-state index in [9.17, 15) is 0 Å². The lowest BCUT2D eigenvalue weighted by Gasteiger charge is -2.15. The van der Waals surface area contributed by atoms with Crippen molar-refractivity contribution in [1.82, 2.24) is 5.32 Å². The summed E-state index contributed by atoms with van der Waals surface area (Å²) in [6, 6.07) is 0. The summed E-state index contributed by atoms with van der Waals surface area (Å²) in [6.45, 7) is 2.19. The Kier molecular flexibility index (Phi) is 2.44. The van der Waals surface area contributed by atoms with Crippen molar-refractivity contribution in [3.05, 3.63) is 22.8 Å². The first-order valence-corrected chi connectivity index (χ1v) is 3.97. The average molecular weight is 155 g/mol. The highest BCUT2D eigenvalue weighted by Gasteiger charge is 2.07. The normalized spacial score (nSPS) is 25.3. The molecule has 0 fully saturated rings. The Bertz CT molecular complexity index is 182. The number of thiol groups is 1. The standard InChI is InChI=1S/C8H13NS/c1-6-3-4-7(9-2)8(10)5-6/h3-4,6,9-10H,5H2,1-2H3. The molecule has 1 N–H and O–H groups in total. The Hall–Kier alpha value is -0.370. The Morgan fingerprint density at radius 3 is 2.90 bits per heavy atom. The molecule has 1 rings (SSSR count). The highest BCUT2D eigenvalue weighted by molar-refractivity contribution is 7.84. The SMILES string of the molecule is CNC1=C(S)CC(C)C=C1. The monoisotopic (exact) mass is 155 g/mol. The first-order chi connectivity index (χ1) is 4.74. The van der Waals surface area contributed by atoms with Crippen LogP contribution in [0.1, 0.15) is 13.3 Å². The molecule has 1 aliphatic carbocycles. The third kappa shape index (κ3) is 1.57. The molecule has 0 aliphatic heterocycles. The Balaban J connectivity index is 2.73. The number of hydrogen-bond acceptors (Lipinski definition) is 2. The van der Waals surface area contributed by atoms with Crippen LogP contribution in [0.4, 0.5) is 0 Å². The zero-order valence-electron chi connectivity index (χ0n) is 6.39. The van der Waals surface area contributed by atoms with E-state index in [-0.39, 0.29) is 0 Å². The van der Waals surface area contributed by atoms with Gasteiger partial charge in [-0.1, -0.05) is 13.0 Å². The van der Waals surface area contributed by atoms with Crippen molar-refractivity contribution in [1.29, 1.82) is 0 Å². The van der Waals surface area contributed by atoms with Gasteiger partial charge in [0.1, 0.15) is 0 Å². The van der Waals surface area contributed by atoms with Crippen LogP contribution in [0, 0.1) is 5.92 Å². The van der Waals surface area contributed by atoms with Crippen LogP contribution in [0.25, 0.3) is 0 Å². The van der Waals surface area contributed by atoms with Crippen LogP contribution in [0.15, 0.2) is 22.8 Å². The van der Waals surface area contributed by atoms with Crippen LogP contribution in [0.3, 0.4) is 0 Å². The second kappa shape index (κ2) is 3.15. The minimum Gasteiger partial charge on any atom is -0.387 e. The molecular weight excluding hydrogens is 142 g/mol. The van der Waals surface area contributed by atoms with Gasteiger partial charge in [-0.15, -0.1) is 12.6 Å². The predicted molar refractivity (Wildman–Crippen MR) is 48.0 cm³/mol.